The molecule has 1 amide bonds. The van der Waals surface area contributed by atoms with Crippen LogP contribution in [-0.4, -0.2) is 37.6 Å². The van der Waals surface area contributed by atoms with Gasteiger partial charge in [0.05, 0.1) is 10.1 Å². The Hall–Kier alpha value is -3.12. The zero-order chi connectivity index (χ0) is 22.4. The monoisotopic (exact) mass is 449 g/mol. The molecule has 1 atom stereocenters. The van der Waals surface area contributed by atoms with Gasteiger partial charge in [0.15, 0.2) is 9.84 Å². The Morgan fingerprint density at radius 1 is 0.875 bits per heavy atom. The first-order chi connectivity index (χ1) is 15.5. The van der Waals surface area contributed by atoms with E-state index in [-0.39, 0.29) is 12.5 Å². The highest BCUT2D eigenvalue weighted by atomic mass is 32.2. The molecular formula is C26H27NO4S. The Labute approximate surface area is 189 Å². The summed E-state index contributed by atoms with van der Waals surface area (Å²) in [4.78, 5) is 14.7. The number of aryl methyl sites for hydroxylation is 1. The number of carbonyl (C=O) groups is 1. The summed E-state index contributed by atoms with van der Waals surface area (Å²) in [6.07, 6.45) is 1.46. The van der Waals surface area contributed by atoms with Gasteiger partial charge in [-0.2, -0.15) is 0 Å². The fourth-order valence-electron chi connectivity index (χ4n) is 3.91. The molecule has 6 heteroatoms. The Morgan fingerprint density at radius 3 is 2.22 bits per heavy atom. The highest BCUT2D eigenvalue weighted by Gasteiger charge is 2.35. The fraction of sp³-hybridized carbons (Fsp3) is 0.269. The lowest BCUT2D eigenvalue weighted by Gasteiger charge is -2.17. The Kier molecular flexibility index (Phi) is 6.90. The third-order valence-electron chi connectivity index (χ3n) is 5.81. The Balaban J connectivity index is 1.26. The second kappa shape index (κ2) is 10.0. The van der Waals surface area contributed by atoms with Crippen LogP contribution in [0.4, 0.5) is 0 Å². The minimum atomic E-state index is -3.41. The Morgan fingerprint density at radius 2 is 1.53 bits per heavy atom. The molecule has 3 aromatic rings. The van der Waals surface area contributed by atoms with Crippen molar-refractivity contribution in [3.05, 3.63) is 96.1 Å². The van der Waals surface area contributed by atoms with Crippen molar-refractivity contribution in [2.24, 2.45) is 0 Å². The van der Waals surface area contributed by atoms with E-state index in [1.165, 1.54) is 0 Å². The van der Waals surface area contributed by atoms with E-state index >= 15 is 0 Å². The predicted octanol–water partition coefficient (Wildman–Crippen LogP) is 4.27. The van der Waals surface area contributed by atoms with Gasteiger partial charge >= 0.3 is 0 Å². The average molecular weight is 450 g/mol. The second-order valence-corrected chi connectivity index (χ2v) is 10.3. The zero-order valence-electron chi connectivity index (χ0n) is 17.9. The van der Waals surface area contributed by atoms with Gasteiger partial charge in [0.2, 0.25) is 5.91 Å². The van der Waals surface area contributed by atoms with Crippen molar-refractivity contribution in [1.29, 1.82) is 0 Å². The number of likely N-dealkylation sites (tertiary alicyclic amines) is 1. The van der Waals surface area contributed by atoms with E-state index in [4.69, 9.17) is 4.74 Å². The lowest BCUT2D eigenvalue weighted by molar-refractivity contribution is -0.130. The average Bonchev–Trinajstić information content (AvgIpc) is 3.35. The highest BCUT2D eigenvalue weighted by Crippen LogP contribution is 2.24. The van der Waals surface area contributed by atoms with Gasteiger partial charge in [-0.3, -0.25) is 4.79 Å². The third-order valence-corrected chi connectivity index (χ3v) is 8.00. The molecule has 1 fully saturated rings. The van der Waals surface area contributed by atoms with Crippen LogP contribution >= 0.6 is 0 Å². The number of sulfone groups is 1. The van der Waals surface area contributed by atoms with Gasteiger partial charge in [0.25, 0.3) is 0 Å². The molecule has 166 valence electrons. The molecule has 0 aromatic heterocycles. The van der Waals surface area contributed by atoms with Gasteiger partial charge < -0.3 is 9.64 Å². The summed E-state index contributed by atoms with van der Waals surface area (Å²) in [5, 5.41) is -0.533. The lowest BCUT2D eigenvalue weighted by atomic mass is 10.1. The van der Waals surface area contributed by atoms with E-state index < -0.39 is 15.1 Å². The normalized spacial score (nSPS) is 16.1. The summed E-state index contributed by atoms with van der Waals surface area (Å²) < 4.78 is 31.4. The highest BCUT2D eigenvalue weighted by molar-refractivity contribution is 7.92. The van der Waals surface area contributed by atoms with Crippen molar-refractivity contribution in [3.63, 3.8) is 0 Å². The van der Waals surface area contributed by atoms with Crippen LogP contribution in [0, 0.1) is 0 Å². The smallest absolute Gasteiger partial charge is 0.222 e. The van der Waals surface area contributed by atoms with Crippen LogP contribution in [0.15, 0.2) is 89.8 Å². The van der Waals surface area contributed by atoms with Crippen molar-refractivity contribution in [2.75, 3.05) is 13.1 Å². The first-order valence-electron chi connectivity index (χ1n) is 10.8. The SMILES string of the molecule is O=C(CCc1ccc(OCc2ccccc2)cc1)N1CCC(S(=O)(=O)c2ccccc2)C1. The second-order valence-electron chi connectivity index (χ2n) is 8.03. The molecule has 32 heavy (non-hydrogen) atoms. The summed E-state index contributed by atoms with van der Waals surface area (Å²) in [5.74, 6) is 0.789. The van der Waals surface area contributed by atoms with Crippen LogP contribution in [-0.2, 0) is 27.7 Å². The number of ether oxygens (including phenoxy) is 1. The van der Waals surface area contributed by atoms with E-state index in [9.17, 15) is 13.2 Å². The van der Waals surface area contributed by atoms with Crippen LogP contribution in [0.5, 0.6) is 5.75 Å². The van der Waals surface area contributed by atoms with E-state index in [0.717, 1.165) is 16.9 Å². The summed E-state index contributed by atoms with van der Waals surface area (Å²) in [6, 6.07) is 26.3. The topological polar surface area (TPSA) is 63.7 Å². The lowest BCUT2D eigenvalue weighted by Crippen LogP contribution is -2.32. The molecule has 4 rings (SSSR count). The molecule has 3 aromatic carbocycles. The maximum atomic E-state index is 12.8. The van der Waals surface area contributed by atoms with E-state index in [0.29, 0.717) is 37.3 Å². The summed E-state index contributed by atoms with van der Waals surface area (Å²) in [6.45, 7) is 1.27. The molecule has 0 aliphatic carbocycles. The molecule has 1 aliphatic heterocycles. The summed E-state index contributed by atoms with van der Waals surface area (Å²) >= 11 is 0. The molecule has 1 saturated heterocycles. The first-order valence-corrected chi connectivity index (χ1v) is 12.4. The molecule has 0 bridgehead atoms. The molecule has 0 radical (unpaired) electrons. The molecule has 0 spiro atoms. The van der Waals surface area contributed by atoms with Crippen molar-refractivity contribution in [1.82, 2.24) is 4.90 Å². The van der Waals surface area contributed by atoms with Crippen molar-refractivity contribution < 1.29 is 17.9 Å². The first kappa shape index (κ1) is 22.1. The molecule has 1 aliphatic rings. The Bertz CT molecular complexity index is 1130. The van der Waals surface area contributed by atoms with Gasteiger partial charge in [-0.25, -0.2) is 8.42 Å². The molecular weight excluding hydrogens is 422 g/mol. The summed E-state index contributed by atoms with van der Waals surface area (Å²) in [5.41, 5.74) is 2.17. The number of hydrogen-bond acceptors (Lipinski definition) is 4. The zero-order valence-corrected chi connectivity index (χ0v) is 18.7. The number of rotatable bonds is 8. The fourth-order valence-corrected chi connectivity index (χ4v) is 5.63. The van der Waals surface area contributed by atoms with Crippen molar-refractivity contribution in [2.45, 2.75) is 36.0 Å². The molecule has 0 N–H and O–H groups in total. The minimum absolute atomic E-state index is 0.000154. The van der Waals surface area contributed by atoms with Crippen molar-refractivity contribution >= 4 is 15.7 Å². The quantitative estimate of drug-likeness (QED) is 0.515. The van der Waals surface area contributed by atoms with Gasteiger partial charge in [-0.15, -0.1) is 0 Å². The van der Waals surface area contributed by atoms with Crippen molar-refractivity contribution in [3.8, 4) is 5.75 Å². The van der Waals surface area contributed by atoms with Gasteiger partial charge in [-0.05, 0) is 48.2 Å². The molecule has 0 saturated carbocycles. The minimum Gasteiger partial charge on any atom is -0.489 e. The maximum absolute atomic E-state index is 12.8. The number of benzene rings is 3. The number of carbonyl (C=O) groups excluding carboxylic acids is 1. The standard InChI is InChI=1S/C26H27NO4S/c28-26(27-18-17-25(19-27)32(29,30)24-9-5-2-6-10-24)16-13-21-11-14-23(15-12-21)31-20-22-7-3-1-4-8-22/h1-12,14-15,25H,13,16-20H2. The third kappa shape index (κ3) is 5.37. The summed E-state index contributed by atoms with van der Waals surface area (Å²) in [7, 11) is -3.41. The van der Waals surface area contributed by atoms with Crippen LogP contribution in [0.3, 0.4) is 0 Å². The maximum Gasteiger partial charge on any atom is 0.222 e. The van der Waals surface area contributed by atoms with Crippen LogP contribution in [0.25, 0.3) is 0 Å². The van der Waals surface area contributed by atoms with E-state index in [1.54, 1.807) is 35.2 Å². The number of nitrogens with zero attached hydrogens (tertiary/aromatic N) is 1. The molecule has 5 nitrogen and oxygen atoms in total. The van der Waals surface area contributed by atoms with E-state index in [2.05, 4.69) is 0 Å². The largest absolute Gasteiger partial charge is 0.489 e. The van der Waals surface area contributed by atoms with Gasteiger partial charge in [-0.1, -0.05) is 60.7 Å². The van der Waals surface area contributed by atoms with Gasteiger partial charge in [0.1, 0.15) is 12.4 Å². The van der Waals surface area contributed by atoms with Crippen LogP contribution in [0.1, 0.15) is 24.0 Å². The molecule has 1 unspecified atom stereocenters. The number of hydrogen-bond donors (Lipinski definition) is 0. The van der Waals surface area contributed by atoms with Crippen LogP contribution in [0.2, 0.25) is 0 Å². The van der Waals surface area contributed by atoms with E-state index in [1.807, 2.05) is 54.6 Å². The van der Waals surface area contributed by atoms with Crippen LogP contribution < -0.4 is 4.74 Å². The van der Waals surface area contributed by atoms with Gasteiger partial charge in [0, 0.05) is 19.5 Å². The predicted molar refractivity (Wildman–Crippen MR) is 124 cm³/mol. The molecule has 1 heterocycles. The number of amides is 1.